The van der Waals surface area contributed by atoms with E-state index in [1.54, 1.807) is 0 Å². The van der Waals surface area contributed by atoms with Gasteiger partial charge in [0.15, 0.2) is 0 Å². The first-order chi connectivity index (χ1) is 9.04. The molecule has 0 saturated heterocycles. The summed E-state index contributed by atoms with van der Waals surface area (Å²) >= 11 is 0. The first-order valence-electron chi connectivity index (χ1n) is 7.15. The lowest BCUT2D eigenvalue weighted by Crippen LogP contribution is -2.23. The maximum atomic E-state index is 9.93. The van der Waals surface area contributed by atoms with Crippen LogP contribution in [0.25, 0.3) is 0 Å². The Bertz CT molecular complexity index is 375. The lowest BCUT2D eigenvalue weighted by molar-refractivity contribution is 0.149. The van der Waals surface area contributed by atoms with Crippen LogP contribution in [0.3, 0.4) is 0 Å². The summed E-state index contributed by atoms with van der Waals surface area (Å²) in [5.41, 5.74) is 6.55. The summed E-state index contributed by atoms with van der Waals surface area (Å²) in [6.45, 7) is 7.80. The molecule has 1 rings (SSSR count). The molecule has 1 atom stereocenters. The van der Waals surface area contributed by atoms with Crippen molar-refractivity contribution in [1.82, 2.24) is 0 Å². The molecular formula is C16H27NO2. The van der Waals surface area contributed by atoms with Crippen LogP contribution in [0.1, 0.15) is 51.7 Å². The van der Waals surface area contributed by atoms with Gasteiger partial charge in [-0.25, -0.2) is 0 Å². The Labute approximate surface area is 116 Å². The third-order valence-corrected chi connectivity index (χ3v) is 3.98. The van der Waals surface area contributed by atoms with E-state index in [1.807, 2.05) is 24.3 Å². The Hall–Kier alpha value is -1.06. The Morgan fingerprint density at radius 2 is 2.00 bits per heavy atom. The summed E-state index contributed by atoms with van der Waals surface area (Å²) in [5, 5.41) is 9.93. The van der Waals surface area contributed by atoms with Crippen molar-refractivity contribution < 1.29 is 9.84 Å². The fourth-order valence-electron chi connectivity index (χ4n) is 1.85. The monoisotopic (exact) mass is 265 g/mol. The Morgan fingerprint density at radius 3 is 2.58 bits per heavy atom. The van der Waals surface area contributed by atoms with Crippen LogP contribution in [0.15, 0.2) is 24.3 Å². The van der Waals surface area contributed by atoms with Crippen molar-refractivity contribution in [2.24, 2.45) is 11.1 Å². The molecule has 0 saturated carbocycles. The number of ether oxygens (including phenoxy) is 1. The van der Waals surface area contributed by atoms with E-state index in [9.17, 15) is 5.11 Å². The molecule has 0 fully saturated rings. The van der Waals surface area contributed by atoms with Gasteiger partial charge in [0.2, 0.25) is 0 Å². The largest absolute Gasteiger partial charge is 0.493 e. The van der Waals surface area contributed by atoms with Gasteiger partial charge in [0, 0.05) is 5.41 Å². The fourth-order valence-corrected chi connectivity index (χ4v) is 1.85. The van der Waals surface area contributed by atoms with E-state index in [0.29, 0.717) is 19.6 Å². The second-order valence-electron chi connectivity index (χ2n) is 5.47. The number of benzene rings is 1. The molecule has 0 amide bonds. The van der Waals surface area contributed by atoms with Crippen LogP contribution in [-0.4, -0.2) is 18.3 Å². The minimum atomic E-state index is -0.503. The Balaban J connectivity index is 2.67. The standard InChI is InChI=1S/C16H27NO2/c1-4-16(3,5-2)12-19-14-8-6-7-13(11-14)15(18)9-10-17/h6-8,11,15,18H,4-5,9-10,12,17H2,1-3H3. The highest BCUT2D eigenvalue weighted by molar-refractivity contribution is 5.30. The van der Waals surface area contributed by atoms with Crippen molar-refractivity contribution in [2.45, 2.75) is 46.1 Å². The van der Waals surface area contributed by atoms with Gasteiger partial charge >= 0.3 is 0 Å². The van der Waals surface area contributed by atoms with Crippen LogP contribution in [0.2, 0.25) is 0 Å². The van der Waals surface area contributed by atoms with Gasteiger partial charge in [0.25, 0.3) is 0 Å². The molecule has 0 bridgehead atoms. The molecule has 0 aliphatic rings. The van der Waals surface area contributed by atoms with Gasteiger partial charge in [-0.1, -0.05) is 32.9 Å². The van der Waals surface area contributed by atoms with Crippen molar-refractivity contribution in [2.75, 3.05) is 13.2 Å². The van der Waals surface area contributed by atoms with E-state index in [-0.39, 0.29) is 5.41 Å². The van der Waals surface area contributed by atoms with Gasteiger partial charge in [0.05, 0.1) is 12.7 Å². The van der Waals surface area contributed by atoms with E-state index in [4.69, 9.17) is 10.5 Å². The summed E-state index contributed by atoms with van der Waals surface area (Å²) in [6.07, 6.45) is 2.26. The van der Waals surface area contributed by atoms with E-state index in [2.05, 4.69) is 20.8 Å². The molecule has 1 aromatic rings. The third-order valence-electron chi connectivity index (χ3n) is 3.98. The number of rotatable bonds is 8. The van der Waals surface area contributed by atoms with Crippen molar-refractivity contribution >= 4 is 0 Å². The van der Waals surface area contributed by atoms with E-state index >= 15 is 0 Å². The van der Waals surface area contributed by atoms with Crippen molar-refractivity contribution in [3.8, 4) is 5.75 Å². The summed E-state index contributed by atoms with van der Waals surface area (Å²) in [7, 11) is 0. The highest BCUT2D eigenvalue weighted by Crippen LogP contribution is 2.27. The van der Waals surface area contributed by atoms with Gasteiger partial charge in [0.1, 0.15) is 5.75 Å². The van der Waals surface area contributed by atoms with Crippen molar-refractivity contribution in [3.63, 3.8) is 0 Å². The molecule has 19 heavy (non-hydrogen) atoms. The van der Waals surface area contributed by atoms with Gasteiger partial charge in [-0.2, -0.15) is 0 Å². The van der Waals surface area contributed by atoms with Crippen LogP contribution in [0, 0.1) is 5.41 Å². The molecule has 0 aromatic heterocycles. The molecule has 0 aliphatic heterocycles. The first-order valence-corrected chi connectivity index (χ1v) is 7.15. The predicted octanol–water partition coefficient (Wildman–Crippen LogP) is 3.27. The topological polar surface area (TPSA) is 55.5 Å². The molecular weight excluding hydrogens is 238 g/mol. The number of aliphatic hydroxyl groups excluding tert-OH is 1. The molecule has 3 N–H and O–H groups in total. The first kappa shape index (κ1) is 16.0. The zero-order valence-electron chi connectivity index (χ0n) is 12.4. The second kappa shape index (κ2) is 7.51. The average Bonchev–Trinajstić information content (AvgIpc) is 2.45. The molecule has 0 spiro atoms. The SMILES string of the molecule is CCC(C)(CC)COc1cccc(C(O)CCN)c1. The number of aliphatic hydroxyl groups is 1. The zero-order valence-corrected chi connectivity index (χ0v) is 12.4. The van der Waals surface area contributed by atoms with E-state index in [1.165, 1.54) is 0 Å². The fraction of sp³-hybridized carbons (Fsp3) is 0.625. The number of hydrogen-bond acceptors (Lipinski definition) is 3. The molecule has 1 aromatic carbocycles. The van der Waals surface area contributed by atoms with E-state index in [0.717, 1.165) is 24.2 Å². The highest BCUT2D eigenvalue weighted by atomic mass is 16.5. The minimum absolute atomic E-state index is 0.214. The highest BCUT2D eigenvalue weighted by Gasteiger charge is 2.20. The van der Waals surface area contributed by atoms with Crippen molar-refractivity contribution in [3.05, 3.63) is 29.8 Å². The maximum Gasteiger partial charge on any atom is 0.119 e. The van der Waals surface area contributed by atoms with Crippen LogP contribution in [-0.2, 0) is 0 Å². The van der Waals surface area contributed by atoms with Crippen molar-refractivity contribution in [1.29, 1.82) is 0 Å². The van der Waals surface area contributed by atoms with Crippen LogP contribution >= 0.6 is 0 Å². The molecule has 108 valence electrons. The van der Waals surface area contributed by atoms with Crippen LogP contribution in [0.4, 0.5) is 0 Å². The van der Waals surface area contributed by atoms with Crippen LogP contribution < -0.4 is 10.5 Å². The van der Waals surface area contributed by atoms with Gasteiger partial charge < -0.3 is 15.6 Å². The number of hydrogen-bond donors (Lipinski definition) is 2. The summed E-state index contributed by atoms with van der Waals surface area (Å²) in [5.74, 6) is 0.821. The molecule has 0 aliphatic carbocycles. The summed E-state index contributed by atoms with van der Waals surface area (Å²) in [4.78, 5) is 0. The molecule has 3 heteroatoms. The third kappa shape index (κ3) is 4.84. The lowest BCUT2D eigenvalue weighted by atomic mass is 9.86. The summed E-state index contributed by atoms with van der Waals surface area (Å²) < 4.78 is 5.88. The molecule has 0 heterocycles. The number of nitrogens with two attached hydrogens (primary N) is 1. The second-order valence-corrected chi connectivity index (χ2v) is 5.47. The average molecular weight is 265 g/mol. The summed E-state index contributed by atoms with van der Waals surface area (Å²) in [6, 6.07) is 7.67. The molecule has 3 nitrogen and oxygen atoms in total. The Kier molecular flexibility index (Phi) is 6.32. The smallest absolute Gasteiger partial charge is 0.119 e. The van der Waals surface area contributed by atoms with E-state index < -0.39 is 6.10 Å². The minimum Gasteiger partial charge on any atom is -0.493 e. The maximum absolute atomic E-state index is 9.93. The van der Waals surface area contributed by atoms with Gasteiger partial charge in [-0.15, -0.1) is 0 Å². The van der Waals surface area contributed by atoms with Gasteiger partial charge in [-0.3, -0.25) is 0 Å². The lowest BCUT2D eigenvalue weighted by Gasteiger charge is -2.26. The van der Waals surface area contributed by atoms with Crippen LogP contribution in [0.5, 0.6) is 5.75 Å². The quantitative estimate of drug-likeness (QED) is 0.758. The molecule has 1 unspecified atom stereocenters. The normalized spacial score (nSPS) is 13.3. The van der Waals surface area contributed by atoms with Gasteiger partial charge in [-0.05, 0) is 43.5 Å². The predicted molar refractivity (Wildman–Crippen MR) is 79.3 cm³/mol. The molecule has 0 radical (unpaired) electrons. The Morgan fingerprint density at radius 1 is 1.32 bits per heavy atom. The zero-order chi connectivity index (χ0) is 14.3.